The molecule has 4 nitrogen and oxygen atoms in total. The highest BCUT2D eigenvalue weighted by Gasteiger charge is 2.22. The highest BCUT2D eigenvalue weighted by Crippen LogP contribution is 2.31. The molecule has 0 aliphatic carbocycles. The zero-order chi connectivity index (χ0) is 18.5. The molecule has 0 amide bonds. The van der Waals surface area contributed by atoms with E-state index in [9.17, 15) is 18.0 Å². The lowest BCUT2D eigenvalue weighted by Gasteiger charge is -2.18. The van der Waals surface area contributed by atoms with Gasteiger partial charge in [-0.3, -0.25) is 9.36 Å². The van der Waals surface area contributed by atoms with Crippen LogP contribution >= 0.6 is 23.2 Å². The lowest BCUT2D eigenvalue weighted by atomic mass is 10.1. The van der Waals surface area contributed by atoms with Crippen LogP contribution in [-0.4, -0.2) is 9.55 Å². The highest BCUT2D eigenvalue weighted by atomic mass is 35.5. The van der Waals surface area contributed by atoms with E-state index < -0.39 is 27.9 Å². The summed E-state index contributed by atoms with van der Waals surface area (Å²) in [7, 11) is 0. The van der Waals surface area contributed by atoms with E-state index >= 15 is 0 Å². The summed E-state index contributed by atoms with van der Waals surface area (Å²) >= 11 is 11.7. The van der Waals surface area contributed by atoms with Crippen LogP contribution < -0.4 is 11.2 Å². The minimum absolute atomic E-state index is 0.104. The number of rotatable bonds is 2. The highest BCUT2D eigenvalue weighted by molar-refractivity contribution is 6.35. The maximum atomic E-state index is 14.5. The van der Waals surface area contributed by atoms with E-state index in [1.807, 2.05) is 0 Å². The number of fused-ring (bicyclic) bond motifs is 1. The van der Waals surface area contributed by atoms with Gasteiger partial charge in [0.2, 0.25) is 0 Å². The minimum Gasteiger partial charge on any atom is -0.382 e. The Morgan fingerprint density at radius 3 is 2.48 bits per heavy atom. The average Bonchev–Trinajstić information content (AvgIpc) is 2.57. The fourth-order valence-electron chi connectivity index (χ4n) is 2.56. The SMILES string of the molecule is CCc1cc(=O)c2cc(F)c(F)c(Cl)c2n1-c1nc(N)c(Cl)cc1F. The van der Waals surface area contributed by atoms with Gasteiger partial charge in [-0.15, -0.1) is 0 Å². The molecular formula is C16H10Cl2F3N3O. The van der Waals surface area contributed by atoms with E-state index in [2.05, 4.69) is 4.98 Å². The number of nitrogens with two attached hydrogens (primary N) is 1. The number of benzene rings is 1. The molecule has 0 bridgehead atoms. The first-order valence-corrected chi connectivity index (χ1v) is 7.85. The summed E-state index contributed by atoms with van der Waals surface area (Å²) in [6.07, 6.45) is 0.268. The Kier molecular flexibility index (Phi) is 4.38. The Bertz CT molecular complexity index is 1080. The van der Waals surface area contributed by atoms with Crippen molar-refractivity contribution < 1.29 is 13.2 Å². The normalized spacial score (nSPS) is 11.3. The number of nitrogen functional groups attached to an aromatic ring is 1. The maximum Gasteiger partial charge on any atom is 0.189 e. The zero-order valence-electron chi connectivity index (χ0n) is 12.7. The second-order valence-electron chi connectivity index (χ2n) is 5.23. The van der Waals surface area contributed by atoms with Crippen molar-refractivity contribution in [2.75, 3.05) is 5.73 Å². The van der Waals surface area contributed by atoms with E-state index in [1.54, 1.807) is 6.92 Å². The molecule has 0 spiro atoms. The van der Waals surface area contributed by atoms with Gasteiger partial charge in [0.05, 0.1) is 15.9 Å². The topological polar surface area (TPSA) is 60.9 Å². The Morgan fingerprint density at radius 2 is 1.84 bits per heavy atom. The minimum atomic E-state index is -1.35. The molecule has 0 fully saturated rings. The van der Waals surface area contributed by atoms with Crippen LogP contribution in [0.1, 0.15) is 12.6 Å². The third-order valence-electron chi connectivity index (χ3n) is 3.72. The molecule has 130 valence electrons. The Hall–Kier alpha value is -2.25. The maximum absolute atomic E-state index is 14.5. The molecule has 0 aliphatic heterocycles. The predicted octanol–water partition coefficient (Wildman–Crippen LogP) is 4.25. The molecule has 9 heteroatoms. The van der Waals surface area contributed by atoms with Gasteiger partial charge in [0.15, 0.2) is 28.7 Å². The summed E-state index contributed by atoms with van der Waals surface area (Å²) in [5.41, 5.74) is 5.15. The van der Waals surface area contributed by atoms with Gasteiger partial charge in [-0.2, -0.15) is 0 Å². The second kappa shape index (κ2) is 6.24. The van der Waals surface area contributed by atoms with Crippen LogP contribution in [0.4, 0.5) is 19.0 Å². The van der Waals surface area contributed by atoms with Gasteiger partial charge in [-0.25, -0.2) is 18.2 Å². The van der Waals surface area contributed by atoms with Crippen molar-refractivity contribution in [2.24, 2.45) is 0 Å². The summed E-state index contributed by atoms with van der Waals surface area (Å²) in [6, 6.07) is 2.84. The first-order valence-electron chi connectivity index (χ1n) is 7.10. The number of hydrogen-bond donors (Lipinski definition) is 1. The predicted molar refractivity (Wildman–Crippen MR) is 91.0 cm³/mol. The van der Waals surface area contributed by atoms with Crippen molar-refractivity contribution in [3.63, 3.8) is 0 Å². The second-order valence-corrected chi connectivity index (χ2v) is 6.02. The summed E-state index contributed by atoms with van der Waals surface area (Å²) in [5.74, 6) is -3.98. The van der Waals surface area contributed by atoms with Crippen molar-refractivity contribution in [1.29, 1.82) is 0 Å². The molecule has 0 saturated carbocycles. The van der Waals surface area contributed by atoms with Crippen molar-refractivity contribution in [1.82, 2.24) is 9.55 Å². The van der Waals surface area contributed by atoms with E-state index in [0.29, 0.717) is 11.8 Å². The fourth-order valence-corrected chi connectivity index (χ4v) is 2.97. The molecule has 3 rings (SSSR count). The lowest BCUT2D eigenvalue weighted by molar-refractivity contribution is 0.510. The van der Waals surface area contributed by atoms with E-state index in [1.165, 1.54) is 6.07 Å². The quantitative estimate of drug-likeness (QED) is 0.668. The largest absolute Gasteiger partial charge is 0.382 e. The Morgan fingerprint density at radius 1 is 1.16 bits per heavy atom. The van der Waals surface area contributed by atoms with E-state index in [4.69, 9.17) is 28.9 Å². The van der Waals surface area contributed by atoms with Crippen molar-refractivity contribution in [3.8, 4) is 5.82 Å². The number of hydrogen-bond acceptors (Lipinski definition) is 3. The van der Waals surface area contributed by atoms with Crippen LogP contribution in [0.25, 0.3) is 16.7 Å². The number of aryl methyl sites for hydroxylation is 1. The third-order valence-corrected chi connectivity index (χ3v) is 4.37. The molecule has 2 aromatic heterocycles. The van der Waals surface area contributed by atoms with Crippen LogP contribution in [0.5, 0.6) is 0 Å². The average molecular weight is 388 g/mol. The van der Waals surface area contributed by atoms with Gasteiger partial charge in [0, 0.05) is 17.8 Å². The van der Waals surface area contributed by atoms with Gasteiger partial charge in [-0.05, 0) is 12.5 Å². The summed E-state index contributed by atoms with van der Waals surface area (Å²) in [4.78, 5) is 16.1. The van der Waals surface area contributed by atoms with E-state index in [-0.39, 0.29) is 34.0 Å². The Labute approximate surface area is 149 Å². The van der Waals surface area contributed by atoms with Gasteiger partial charge in [0.25, 0.3) is 0 Å². The Balaban J connectivity index is 2.58. The van der Waals surface area contributed by atoms with Crippen molar-refractivity contribution in [3.05, 3.63) is 61.6 Å². The van der Waals surface area contributed by atoms with Gasteiger partial charge in [0.1, 0.15) is 10.8 Å². The molecule has 1 aromatic carbocycles. The smallest absolute Gasteiger partial charge is 0.189 e. The molecule has 0 aliphatic rings. The van der Waals surface area contributed by atoms with Crippen LogP contribution in [0, 0.1) is 17.5 Å². The molecule has 0 saturated heterocycles. The summed E-state index contributed by atoms with van der Waals surface area (Å²) < 4.78 is 43.3. The number of nitrogens with zero attached hydrogens (tertiary/aromatic N) is 2. The zero-order valence-corrected chi connectivity index (χ0v) is 14.2. The fraction of sp³-hybridized carbons (Fsp3) is 0.125. The first kappa shape index (κ1) is 17.6. The van der Waals surface area contributed by atoms with Gasteiger partial charge < -0.3 is 5.73 Å². The molecule has 0 unspecified atom stereocenters. The lowest BCUT2D eigenvalue weighted by Crippen LogP contribution is -2.16. The van der Waals surface area contributed by atoms with Crippen molar-refractivity contribution >= 4 is 39.9 Å². The van der Waals surface area contributed by atoms with Crippen LogP contribution in [0.2, 0.25) is 10.0 Å². The molecule has 2 heterocycles. The third kappa shape index (κ3) is 2.73. The standard InChI is InChI=1S/C16H10Cl2F3N3O/c1-2-6-3-11(25)7-4-9(19)13(21)12(18)14(7)24(6)16-10(20)5-8(17)15(22)23-16/h3-5H,2H2,1H3,(H2,22,23). The molecule has 0 atom stereocenters. The van der Waals surface area contributed by atoms with E-state index in [0.717, 1.165) is 10.6 Å². The summed E-state index contributed by atoms with van der Waals surface area (Å²) in [5, 5.41) is -0.971. The van der Waals surface area contributed by atoms with Crippen LogP contribution in [0.3, 0.4) is 0 Å². The van der Waals surface area contributed by atoms with Crippen LogP contribution in [-0.2, 0) is 6.42 Å². The van der Waals surface area contributed by atoms with Gasteiger partial charge in [-0.1, -0.05) is 30.1 Å². The number of pyridine rings is 2. The van der Waals surface area contributed by atoms with Crippen LogP contribution in [0.15, 0.2) is 23.0 Å². The first-order chi connectivity index (χ1) is 11.8. The molecule has 25 heavy (non-hydrogen) atoms. The molecule has 2 N–H and O–H groups in total. The van der Waals surface area contributed by atoms with Crippen molar-refractivity contribution in [2.45, 2.75) is 13.3 Å². The molecule has 0 radical (unpaired) electrons. The monoisotopic (exact) mass is 387 g/mol. The number of aromatic nitrogens is 2. The molecular weight excluding hydrogens is 378 g/mol. The number of halogens is 5. The number of anilines is 1. The molecule has 3 aromatic rings. The summed E-state index contributed by atoms with van der Waals surface area (Å²) in [6.45, 7) is 1.70. The van der Waals surface area contributed by atoms with Gasteiger partial charge >= 0.3 is 0 Å².